The lowest BCUT2D eigenvalue weighted by atomic mass is 9.93. The van der Waals surface area contributed by atoms with Crippen LogP contribution in [0.1, 0.15) is 38.2 Å². The minimum Gasteiger partial charge on any atom is -0.347 e. The van der Waals surface area contributed by atoms with Crippen molar-refractivity contribution < 1.29 is 9.59 Å². The van der Waals surface area contributed by atoms with E-state index in [2.05, 4.69) is 10.6 Å². The summed E-state index contributed by atoms with van der Waals surface area (Å²) < 4.78 is 0. The van der Waals surface area contributed by atoms with Gasteiger partial charge in [-0.2, -0.15) is 0 Å². The fourth-order valence-electron chi connectivity index (χ4n) is 3.06. The molecule has 2 N–H and O–H groups in total. The van der Waals surface area contributed by atoms with Crippen molar-refractivity contribution in [3.8, 4) is 0 Å². The molecule has 1 heterocycles. The molecule has 25 heavy (non-hydrogen) atoms. The third-order valence-electron chi connectivity index (χ3n) is 4.63. The normalized spacial score (nSPS) is 14.4. The van der Waals surface area contributed by atoms with Gasteiger partial charge in [0.25, 0.3) is 0 Å². The first-order valence-electron chi connectivity index (χ1n) is 8.98. The second kappa shape index (κ2) is 11.9. The van der Waals surface area contributed by atoms with Crippen LogP contribution in [-0.4, -0.2) is 42.9 Å². The molecule has 1 aromatic carbocycles. The summed E-state index contributed by atoms with van der Waals surface area (Å²) in [6, 6.07) is 9.91. The van der Waals surface area contributed by atoms with Gasteiger partial charge in [-0.05, 0) is 50.8 Å². The Balaban J connectivity index is 0.00000312. The molecule has 0 atom stereocenters. The Bertz CT molecular complexity index is 519. The summed E-state index contributed by atoms with van der Waals surface area (Å²) in [5, 5.41) is 6.11. The number of carbonyl (C=O) groups excluding carboxylic acids is 2. The van der Waals surface area contributed by atoms with E-state index in [1.165, 1.54) is 0 Å². The standard InChI is InChI=1S/C19H29N3O2.ClH/c1-2-22(15-17-6-4-3-5-7-17)19(24)14-21-18(23)9-8-16-10-12-20-13-11-16;/h3-7,16,20H,2,8-15H2,1H3,(H,21,23);1H. The summed E-state index contributed by atoms with van der Waals surface area (Å²) in [5.74, 6) is 0.590. The molecule has 1 aliphatic rings. The van der Waals surface area contributed by atoms with Gasteiger partial charge in [0.2, 0.25) is 11.8 Å². The second-order valence-electron chi connectivity index (χ2n) is 6.40. The molecule has 1 aromatic rings. The van der Waals surface area contributed by atoms with Gasteiger partial charge in [0.15, 0.2) is 0 Å². The molecule has 2 rings (SSSR count). The van der Waals surface area contributed by atoms with E-state index in [-0.39, 0.29) is 30.8 Å². The Morgan fingerprint density at radius 2 is 1.88 bits per heavy atom. The van der Waals surface area contributed by atoms with Crippen LogP contribution in [0.5, 0.6) is 0 Å². The molecule has 1 fully saturated rings. The highest BCUT2D eigenvalue weighted by Gasteiger charge is 2.16. The summed E-state index contributed by atoms with van der Waals surface area (Å²) in [4.78, 5) is 26.0. The topological polar surface area (TPSA) is 61.4 Å². The molecule has 1 saturated heterocycles. The predicted molar refractivity (Wildman–Crippen MR) is 103 cm³/mol. The molecule has 5 nitrogen and oxygen atoms in total. The van der Waals surface area contributed by atoms with Gasteiger partial charge in [0, 0.05) is 19.5 Å². The number of amides is 2. The minimum absolute atomic E-state index is 0. The van der Waals surface area contributed by atoms with Crippen LogP contribution in [0.2, 0.25) is 0 Å². The molecule has 0 bridgehead atoms. The highest BCUT2D eigenvalue weighted by molar-refractivity contribution is 5.85. The molecule has 0 unspecified atom stereocenters. The van der Waals surface area contributed by atoms with Crippen molar-refractivity contribution in [1.82, 2.24) is 15.5 Å². The van der Waals surface area contributed by atoms with Gasteiger partial charge in [-0.25, -0.2) is 0 Å². The maximum Gasteiger partial charge on any atom is 0.242 e. The third kappa shape index (κ3) is 7.88. The lowest BCUT2D eigenvalue weighted by Gasteiger charge is -2.23. The van der Waals surface area contributed by atoms with Gasteiger partial charge in [-0.15, -0.1) is 12.4 Å². The van der Waals surface area contributed by atoms with E-state index < -0.39 is 0 Å². The van der Waals surface area contributed by atoms with E-state index >= 15 is 0 Å². The lowest BCUT2D eigenvalue weighted by Crippen LogP contribution is -2.40. The van der Waals surface area contributed by atoms with Crippen molar-refractivity contribution in [3.05, 3.63) is 35.9 Å². The smallest absolute Gasteiger partial charge is 0.242 e. The Morgan fingerprint density at radius 1 is 1.20 bits per heavy atom. The van der Waals surface area contributed by atoms with Crippen molar-refractivity contribution in [3.63, 3.8) is 0 Å². The van der Waals surface area contributed by atoms with Crippen LogP contribution in [0.3, 0.4) is 0 Å². The quantitative estimate of drug-likeness (QED) is 0.741. The number of nitrogens with zero attached hydrogens (tertiary/aromatic N) is 1. The zero-order chi connectivity index (χ0) is 17.2. The number of rotatable bonds is 8. The summed E-state index contributed by atoms with van der Waals surface area (Å²) in [6.45, 7) is 5.37. The Morgan fingerprint density at radius 3 is 2.52 bits per heavy atom. The first kappa shape index (κ1) is 21.5. The van der Waals surface area contributed by atoms with Crippen LogP contribution in [0.15, 0.2) is 30.3 Å². The first-order chi connectivity index (χ1) is 11.7. The highest BCUT2D eigenvalue weighted by Crippen LogP contribution is 2.17. The van der Waals surface area contributed by atoms with Gasteiger partial charge in [0.1, 0.15) is 0 Å². The molecule has 0 radical (unpaired) electrons. The zero-order valence-electron chi connectivity index (χ0n) is 15.0. The molecular formula is C19H30ClN3O2. The Hall–Kier alpha value is -1.59. The number of nitrogens with one attached hydrogen (secondary N) is 2. The van der Waals surface area contributed by atoms with E-state index in [0.717, 1.165) is 37.9 Å². The molecule has 2 amide bonds. The van der Waals surface area contributed by atoms with Gasteiger partial charge in [-0.1, -0.05) is 30.3 Å². The number of halogens is 1. The number of benzene rings is 1. The van der Waals surface area contributed by atoms with Crippen LogP contribution in [0.25, 0.3) is 0 Å². The van der Waals surface area contributed by atoms with Crippen molar-refractivity contribution >= 4 is 24.2 Å². The molecule has 0 aliphatic carbocycles. The average molecular weight is 368 g/mol. The second-order valence-corrected chi connectivity index (χ2v) is 6.40. The molecule has 0 spiro atoms. The monoisotopic (exact) mass is 367 g/mol. The molecule has 6 heteroatoms. The molecule has 1 aliphatic heterocycles. The van der Waals surface area contributed by atoms with Crippen LogP contribution in [0, 0.1) is 5.92 Å². The summed E-state index contributed by atoms with van der Waals surface area (Å²) in [7, 11) is 0. The average Bonchev–Trinajstić information content (AvgIpc) is 2.64. The van der Waals surface area contributed by atoms with Crippen molar-refractivity contribution in [1.29, 1.82) is 0 Å². The Labute approximate surface area is 157 Å². The fourth-order valence-corrected chi connectivity index (χ4v) is 3.06. The SMILES string of the molecule is CCN(Cc1ccccc1)C(=O)CNC(=O)CCC1CCNCC1.Cl. The van der Waals surface area contributed by atoms with Crippen molar-refractivity contribution in [2.45, 2.75) is 39.2 Å². The van der Waals surface area contributed by atoms with Gasteiger partial charge in [0.05, 0.1) is 6.54 Å². The number of piperidine rings is 1. The lowest BCUT2D eigenvalue weighted by molar-refractivity contribution is -0.133. The van der Waals surface area contributed by atoms with Crippen LogP contribution in [0.4, 0.5) is 0 Å². The van der Waals surface area contributed by atoms with E-state index in [4.69, 9.17) is 0 Å². The number of hydrogen-bond donors (Lipinski definition) is 2. The number of hydrogen-bond acceptors (Lipinski definition) is 3. The highest BCUT2D eigenvalue weighted by atomic mass is 35.5. The van der Waals surface area contributed by atoms with Crippen molar-refractivity contribution in [2.24, 2.45) is 5.92 Å². The van der Waals surface area contributed by atoms with Gasteiger partial charge in [-0.3, -0.25) is 9.59 Å². The van der Waals surface area contributed by atoms with Crippen LogP contribution >= 0.6 is 12.4 Å². The number of carbonyl (C=O) groups is 2. The zero-order valence-corrected chi connectivity index (χ0v) is 15.8. The third-order valence-corrected chi connectivity index (χ3v) is 4.63. The number of likely N-dealkylation sites (N-methyl/N-ethyl adjacent to an activating group) is 1. The van der Waals surface area contributed by atoms with Gasteiger partial charge < -0.3 is 15.5 Å². The molecular weight excluding hydrogens is 338 g/mol. The first-order valence-corrected chi connectivity index (χ1v) is 8.98. The Kier molecular flexibility index (Phi) is 10.2. The van der Waals surface area contributed by atoms with Crippen molar-refractivity contribution in [2.75, 3.05) is 26.2 Å². The summed E-state index contributed by atoms with van der Waals surface area (Å²) >= 11 is 0. The molecule has 140 valence electrons. The summed E-state index contributed by atoms with van der Waals surface area (Å²) in [6.07, 6.45) is 3.73. The van der Waals surface area contributed by atoms with Crippen LogP contribution < -0.4 is 10.6 Å². The predicted octanol–water partition coefficient (Wildman–Crippen LogP) is 2.35. The van der Waals surface area contributed by atoms with E-state index in [1.54, 1.807) is 4.90 Å². The molecule has 0 aromatic heterocycles. The molecule has 0 saturated carbocycles. The largest absolute Gasteiger partial charge is 0.347 e. The van der Waals surface area contributed by atoms with Crippen LogP contribution in [-0.2, 0) is 16.1 Å². The van der Waals surface area contributed by atoms with E-state index in [9.17, 15) is 9.59 Å². The maximum atomic E-state index is 12.3. The summed E-state index contributed by atoms with van der Waals surface area (Å²) in [5.41, 5.74) is 1.10. The van der Waals surface area contributed by atoms with E-state index in [1.807, 2.05) is 37.3 Å². The fraction of sp³-hybridized carbons (Fsp3) is 0.579. The maximum absolute atomic E-state index is 12.3. The van der Waals surface area contributed by atoms with E-state index in [0.29, 0.717) is 25.4 Å². The van der Waals surface area contributed by atoms with Gasteiger partial charge >= 0.3 is 0 Å². The minimum atomic E-state index is -0.0310.